The maximum Gasteiger partial charge on any atom is 0.224 e. The fourth-order valence-electron chi connectivity index (χ4n) is 1.94. The van der Waals surface area contributed by atoms with Crippen molar-refractivity contribution < 1.29 is 5.11 Å². The minimum absolute atomic E-state index is 0.321. The van der Waals surface area contributed by atoms with E-state index in [0.717, 1.165) is 23.9 Å². The van der Waals surface area contributed by atoms with Crippen molar-refractivity contribution in [2.75, 3.05) is 23.7 Å². The number of hydrogen-bond donors (Lipinski definition) is 3. The van der Waals surface area contributed by atoms with Crippen LogP contribution in [0.15, 0.2) is 10.7 Å². The Hall–Kier alpha value is -0.880. The van der Waals surface area contributed by atoms with Gasteiger partial charge in [-0.3, -0.25) is 0 Å². The normalized spacial score (nSPS) is 12.5. The van der Waals surface area contributed by atoms with E-state index in [9.17, 15) is 5.11 Å². The molecule has 0 radical (unpaired) electrons. The lowest BCUT2D eigenvalue weighted by atomic mass is 9.97. The Bertz CT molecular complexity index is 385. The Kier molecular flexibility index (Phi) is 7.09. The van der Waals surface area contributed by atoms with E-state index in [4.69, 9.17) is 0 Å². The van der Waals surface area contributed by atoms with Gasteiger partial charge in [0.05, 0.1) is 10.6 Å². The van der Waals surface area contributed by atoms with Gasteiger partial charge < -0.3 is 15.7 Å². The lowest BCUT2D eigenvalue weighted by Gasteiger charge is -2.21. The molecule has 1 atom stereocenters. The van der Waals surface area contributed by atoms with Gasteiger partial charge in [-0.25, -0.2) is 4.98 Å². The van der Waals surface area contributed by atoms with Crippen LogP contribution in [-0.2, 0) is 0 Å². The number of rotatable bonds is 8. The number of aliphatic hydroxyl groups excluding tert-OH is 1. The molecule has 3 N–H and O–H groups in total. The Morgan fingerprint density at radius 3 is 2.53 bits per heavy atom. The van der Waals surface area contributed by atoms with E-state index in [0.29, 0.717) is 24.2 Å². The van der Waals surface area contributed by atoms with Gasteiger partial charge in [-0.05, 0) is 28.8 Å². The fourth-order valence-corrected chi connectivity index (χ4v) is 2.27. The summed E-state index contributed by atoms with van der Waals surface area (Å²) in [7, 11) is 0. The van der Waals surface area contributed by atoms with Crippen LogP contribution in [0.4, 0.5) is 11.8 Å². The summed E-state index contributed by atoms with van der Waals surface area (Å²) in [5.41, 5.74) is 0. The van der Waals surface area contributed by atoms with Gasteiger partial charge in [-0.1, -0.05) is 26.7 Å². The summed E-state index contributed by atoms with van der Waals surface area (Å²) in [5, 5.41) is 16.3. The van der Waals surface area contributed by atoms with Crippen molar-refractivity contribution in [3.63, 3.8) is 0 Å². The van der Waals surface area contributed by atoms with Gasteiger partial charge in [0.1, 0.15) is 5.82 Å². The molecule has 0 bridgehead atoms. The van der Waals surface area contributed by atoms with Crippen molar-refractivity contribution in [3.8, 4) is 0 Å². The van der Waals surface area contributed by atoms with Crippen LogP contribution in [0.3, 0.4) is 0 Å². The predicted molar refractivity (Wildman–Crippen MR) is 82.5 cm³/mol. The lowest BCUT2D eigenvalue weighted by molar-refractivity contribution is 0.114. The molecule has 1 rings (SSSR count). The molecule has 1 aromatic rings. The van der Waals surface area contributed by atoms with Crippen LogP contribution in [0.25, 0.3) is 0 Å². The van der Waals surface area contributed by atoms with Crippen molar-refractivity contribution in [2.45, 2.75) is 39.7 Å². The van der Waals surface area contributed by atoms with Crippen molar-refractivity contribution in [1.29, 1.82) is 0 Å². The zero-order valence-electron chi connectivity index (χ0n) is 11.8. The largest absolute Gasteiger partial charge is 0.391 e. The van der Waals surface area contributed by atoms with Crippen molar-refractivity contribution in [2.24, 2.45) is 5.92 Å². The van der Waals surface area contributed by atoms with Gasteiger partial charge in [0.15, 0.2) is 0 Å². The number of hydrogen-bond acceptors (Lipinski definition) is 5. The molecule has 1 heterocycles. The minimum atomic E-state index is -0.362. The molecule has 0 amide bonds. The second-order valence-electron chi connectivity index (χ2n) is 4.45. The molecule has 1 aromatic heterocycles. The molecule has 0 fully saturated rings. The van der Waals surface area contributed by atoms with E-state index in [2.05, 4.69) is 50.4 Å². The summed E-state index contributed by atoms with van der Waals surface area (Å²) < 4.78 is 0.797. The van der Waals surface area contributed by atoms with Crippen LogP contribution in [-0.4, -0.2) is 34.3 Å². The molecule has 5 nitrogen and oxygen atoms in total. The molecule has 0 aromatic carbocycles. The highest BCUT2D eigenvalue weighted by atomic mass is 79.9. The van der Waals surface area contributed by atoms with Gasteiger partial charge >= 0.3 is 0 Å². The van der Waals surface area contributed by atoms with E-state index < -0.39 is 0 Å². The van der Waals surface area contributed by atoms with Gasteiger partial charge in [-0.15, -0.1) is 0 Å². The Morgan fingerprint density at radius 1 is 1.26 bits per heavy atom. The number of halogens is 1. The van der Waals surface area contributed by atoms with E-state index >= 15 is 0 Å². The van der Waals surface area contributed by atoms with Gasteiger partial charge in [0, 0.05) is 19.3 Å². The third kappa shape index (κ3) is 4.95. The average molecular weight is 331 g/mol. The first kappa shape index (κ1) is 16.2. The highest BCUT2D eigenvalue weighted by Gasteiger charge is 2.16. The highest BCUT2D eigenvalue weighted by molar-refractivity contribution is 9.10. The fraction of sp³-hybridized carbons (Fsp3) is 0.692. The summed E-state index contributed by atoms with van der Waals surface area (Å²) in [6.07, 6.45) is 3.30. The number of nitrogens with one attached hydrogen (secondary N) is 2. The van der Waals surface area contributed by atoms with Crippen molar-refractivity contribution in [3.05, 3.63) is 10.7 Å². The zero-order chi connectivity index (χ0) is 14.3. The number of anilines is 2. The predicted octanol–water partition coefficient (Wildman–Crippen LogP) is 2.88. The van der Waals surface area contributed by atoms with Crippen molar-refractivity contribution in [1.82, 2.24) is 9.97 Å². The quantitative estimate of drug-likeness (QED) is 0.683. The van der Waals surface area contributed by atoms with Crippen LogP contribution < -0.4 is 10.6 Å². The molecular weight excluding hydrogens is 308 g/mol. The van der Waals surface area contributed by atoms with Crippen LogP contribution in [0.2, 0.25) is 0 Å². The van der Waals surface area contributed by atoms with E-state index in [1.165, 1.54) is 0 Å². The molecule has 6 heteroatoms. The first-order chi connectivity index (χ1) is 9.12. The molecule has 0 aliphatic rings. The van der Waals surface area contributed by atoms with Gasteiger partial charge in [-0.2, -0.15) is 4.98 Å². The third-order valence-electron chi connectivity index (χ3n) is 3.15. The maximum absolute atomic E-state index is 10.1. The SMILES string of the molecule is CCNc1ncc(Br)c(NCC(O)C(CC)CC)n1. The molecule has 0 saturated carbocycles. The van der Waals surface area contributed by atoms with Crippen LogP contribution in [0.1, 0.15) is 33.6 Å². The van der Waals surface area contributed by atoms with Gasteiger partial charge in [0.2, 0.25) is 5.95 Å². The summed E-state index contributed by atoms with van der Waals surface area (Å²) in [4.78, 5) is 8.51. The number of nitrogens with zero attached hydrogens (tertiary/aromatic N) is 2. The average Bonchev–Trinajstić information content (AvgIpc) is 2.41. The summed E-state index contributed by atoms with van der Waals surface area (Å²) in [6.45, 7) is 7.46. The van der Waals surface area contributed by atoms with Gasteiger partial charge in [0.25, 0.3) is 0 Å². The standard InChI is InChI=1S/C13H23BrN4O/c1-4-9(5-2)11(19)8-16-12-10(14)7-17-13(18-12)15-6-3/h7,9,11,19H,4-6,8H2,1-3H3,(H2,15,16,17,18). The smallest absolute Gasteiger partial charge is 0.224 e. The molecule has 1 unspecified atom stereocenters. The van der Waals surface area contributed by atoms with Crippen LogP contribution in [0.5, 0.6) is 0 Å². The summed E-state index contributed by atoms with van der Waals surface area (Å²) in [6, 6.07) is 0. The van der Waals surface area contributed by atoms with E-state index in [1.807, 2.05) is 6.92 Å². The number of aromatic nitrogens is 2. The molecule has 19 heavy (non-hydrogen) atoms. The second kappa shape index (κ2) is 8.32. The molecule has 108 valence electrons. The topological polar surface area (TPSA) is 70.1 Å². The molecule has 0 spiro atoms. The Morgan fingerprint density at radius 2 is 1.95 bits per heavy atom. The molecular formula is C13H23BrN4O. The van der Waals surface area contributed by atoms with E-state index in [-0.39, 0.29) is 6.10 Å². The first-order valence-electron chi connectivity index (χ1n) is 6.80. The Labute approximate surface area is 123 Å². The number of aliphatic hydroxyl groups is 1. The van der Waals surface area contributed by atoms with Crippen LogP contribution in [0, 0.1) is 5.92 Å². The van der Waals surface area contributed by atoms with E-state index in [1.54, 1.807) is 6.20 Å². The first-order valence-corrected chi connectivity index (χ1v) is 7.59. The lowest BCUT2D eigenvalue weighted by Crippen LogP contribution is -2.28. The van der Waals surface area contributed by atoms with Crippen molar-refractivity contribution >= 4 is 27.7 Å². The summed E-state index contributed by atoms with van der Waals surface area (Å²) in [5.74, 6) is 1.61. The van der Waals surface area contributed by atoms with Crippen LogP contribution >= 0.6 is 15.9 Å². The third-order valence-corrected chi connectivity index (χ3v) is 3.73. The molecule has 0 aliphatic heterocycles. The second-order valence-corrected chi connectivity index (χ2v) is 5.30. The zero-order valence-corrected chi connectivity index (χ0v) is 13.4. The monoisotopic (exact) mass is 330 g/mol. The maximum atomic E-state index is 10.1. The summed E-state index contributed by atoms with van der Waals surface area (Å²) >= 11 is 3.41. The Balaban J connectivity index is 2.63. The molecule has 0 aliphatic carbocycles. The molecule has 0 saturated heterocycles. The highest BCUT2D eigenvalue weighted by Crippen LogP contribution is 2.21. The minimum Gasteiger partial charge on any atom is -0.391 e.